The molecule has 1 heterocycles. The van der Waals surface area contributed by atoms with Gasteiger partial charge in [0, 0.05) is 5.71 Å². The number of fused-ring (bicyclic) bond motifs is 2. The fraction of sp³-hybridized carbons (Fsp3) is 0.333. The van der Waals surface area contributed by atoms with Crippen molar-refractivity contribution in [3.63, 3.8) is 0 Å². The zero-order chi connectivity index (χ0) is 17.6. The van der Waals surface area contributed by atoms with Gasteiger partial charge in [-0.15, -0.1) is 0 Å². The van der Waals surface area contributed by atoms with Gasteiger partial charge in [-0.3, -0.25) is 9.79 Å². The van der Waals surface area contributed by atoms with Gasteiger partial charge in [-0.05, 0) is 74.1 Å². The van der Waals surface area contributed by atoms with Gasteiger partial charge in [-0.1, -0.05) is 12.1 Å². The average molecular weight is 336 g/mol. The maximum atomic E-state index is 13.6. The van der Waals surface area contributed by atoms with E-state index in [0.29, 0.717) is 6.54 Å². The Morgan fingerprint density at radius 3 is 2.80 bits per heavy atom. The van der Waals surface area contributed by atoms with Gasteiger partial charge in [0.2, 0.25) is 5.91 Å². The number of aryl methyl sites for hydroxylation is 2. The fourth-order valence-corrected chi connectivity index (χ4v) is 3.76. The topological polar surface area (TPSA) is 32.7 Å². The van der Waals surface area contributed by atoms with Crippen molar-refractivity contribution >= 4 is 23.0 Å². The number of benzene rings is 2. The van der Waals surface area contributed by atoms with E-state index in [1.54, 1.807) is 11.0 Å². The second-order valence-corrected chi connectivity index (χ2v) is 7.03. The highest BCUT2D eigenvalue weighted by Gasteiger charge is 2.36. The Kier molecular flexibility index (Phi) is 3.91. The zero-order valence-electron chi connectivity index (χ0n) is 14.6. The molecular weight excluding hydrogens is 315 g/mol. The molecule has 25 heavy (non-hydrogen) atoms. The van der Waals surface area contributed by atoms with Crippen molar-refractivity contribution in [1.82, 2.24) is 0 Å². The van der Waals surface area contributed by atoms with Crippen LogP contribution < -0.4 is 4.90 Å². The van der Waals surface area contributed by atoms with Crippen LogP contribution in [-0.2, 0) is 11.3 Å². The van der Waals surface area contributed by atoms with E-state index in [9.17, 15) is 9.18 Å². The Balaban J connectivity index is 1.83. The van der Waals surface area contributed by atoms with Crippen LogP contribution in [-0.4, -0.2) is 11.6 Å². The molecule has 1 atom stereocenters. The molecule has 0 saturated heterocycles. The van der Waals surface area contributed by atoms with Crippen molar-refractivity contribution in [1.29, 1.82) is 0 Å². The highest BCUT2D eigenvalue weighted by molar-refractivity contribution is 6.15. The Morgan fingerprint density at radius 1 is 1.20 bits per heavy atom. The van der Waals surface area contributed by atoms with Crippen LogP contribution in [0.5, 0.6) is 0 Å². The summed E-state index contributed by atoms with van der Waals surface area (Å²) in [7, 11) is 0. The maximum Gasteiger partial charge on any atom is 0.236 e. The van der Waals surface area contributed by atoms with Crippen LogP contribution in [0.2, 0.25) is 0 Å². The first-order chi connectivity index (χ1) is 12.0. The van der Waals surface area contributed by atoms with Gasteiger partial charge in [0.1, 0.15) is 5.82 Å². The zero-order valence-corrected chi connectivity index (χ0v) is 14.6. The molecule has 2 aromatic carbocycles. The summed E-state index contributed by atoms with van der Waals surface area (Å²) in [5.41, 5.74) is 5.77. The summed E-state index contributed by atoms with van der Waals surface area (Å²) in [6.45, 7) is 4.47. The van der Waals surface area contributed by atoms with Gasteiger partial charge in [-0.25, -0.2) is 4.39 Å². The predicted molar refractivity (Wildman–Crippen MR) is 97.9 cm³/mol. The van der Waals surface area contributed by atoms with E-state index in [0.717, 1.165) is 53.0 Å². The summed E-state index contributed by atoms with van der Waals surface area (Å²) in [5.74, 6) is -0.332. The standard InChI is InChI=1S/C21H21FN2O/c1-13-9-19-20(10-14(13)2)24(12-15-5-3-6-16(22)11-15)21(25)17-7-4-8-18(17)23-19/h3,5-6,9-11,17H,4,7-8,12H2,1-2H3/t17-/m0/s1. The van der Waals surface area contributed by atoms with Gasteiger partial charge < -0.3 is 4.90 Å². The van der Waals surface area contributed by atoms with Gasteiger partial charge in [0.05, 0.1) is 23.8 Å². The van der Waals surface area contributed by atoms with E-state index in [-0.39, 0.29) is 17.6 Å². The molecule has 4 rings (SSSR count). The van der Waals surface area contributed by atoms with Crippen molar-refractivity contribution in [3.8, 4) is 0 Å². The molecule has 1 aliphatic heterocycles. The third kappa shape index (κ3) is 2.86. The second-order valence-electron chi connectivity index (χ2n) is 7.03. The van der Waals surface area contributed by atoms with E-state index in [1.807, 2.05) is 19.1 Å². The van der Waals surface area contributed by atoms with Crippen molar-refractivity contribution in [2.75, 3.05) is 4.90 Å². The van der Waals surface area contributed by atoms with Crippen LogP contribution in [0.15, 0.2) is 41.4 Å². The lowest BCUT2D eigenvalue weighted by atomic mass is 10.0. The molecule has 2 aliphatic rings. The lowest BCUT2D eigenvalue weighted by Crippen LogP contribution is -2.36. The lowest BCUT2D eigenvalue weighted by molar-refractivity contribution is -0.120. The molecule has 0 radical (unpaired) electrons. The van der Waals surface area contributed by atoms with Crippen molar-refractivity contribution in [3.05, 3.63) is 58.9 Å². The number of amides is 1. The van der Waals surface area contributed by atoms with Crippen molar-refractivity contribution in [2.45, 2.75) is 39.7 Å². The summed E-state index contributed by atoms with van der Waals surface area (Å²) in [4.78, 5) is 19.9. The first-order valence-electron chi connectivity index (χ1n) is 8.77. The normalized spacial score (nSPS) is 19.3. The Labute approximate surface area is 147 Å². The Bertz CT molecular complexity index is 887. The first kappa shape index (κ1) is 16.0. The summed E-state index contributed by atoms with van der Waals surface area (Å²) in [5, 5.41) is 0. The summed E-state index contributed by atoms with van der Waals surface area (Å²) in [6.07, 6.45) is 2.74. The molecule has 1 fully saturated rings. The number of hydrogen-bond donors (Lipinski definition) is 0. The molecular formula is C21H21FN2O. The molecule has 0 bridgehead atoms. The van der Waals surface area contributed by atoms with Gasteiger partial charge in [-0.2, -0.15) is 0 Å². The quantitative estimate of drug-likeness (QED) is 0.771. The molecule has 3 nitrogen and oxygen atoms in total. The molecule has 4 heteroatoms. The van der Waals surface area contributed by atoms with Crippen molar-refractivity contribution in [2.24, 2.45) is 10.9 Å². The van der Waals surface area contributed by atoms with E-state index in [4.69, 9.17) is 4.99 Å². The minimum Gasteiger partial charge on any atom is -0.305 e. The van der Waals surface area contributed by atoms with Crippen LogP contribution in [0.3, 0.4) is 0 Å². The van der Waals surface area contributed by atoms with Crippen LogP contribution in [0.25, 0.3) is 0 Å². The number of rotatable bonds is 2. The molecule has 0 spiro atoms. The molecule has 1 amide bonds. The highest BCUT2D eigenvalue weighted by atomic mass is 19.1. The lowest BCUT2D eigenvalue weighted by Gasteiger charge is -2.25. The predicted octanol–water partition coefficient (Wildman–Crippen LogP) is 4.86. The molecule has 0 N–H and O–H groups in total. The molecule has 0 unspecified atom stereocenters. The Morgan fingerprint density at radius 2 is 2.00 bits per heavy atom. The largest absolute Gasteiger partial charge is 0.305 e. The maximum absolute atomic E-state index is 13.6. The number of nitrogens with zero attached hydrogens (tertiary/aromatic N) is 2. The monoisotopic (exact) mass is 336 g/mol. The molecule has 2 aromatic rings. The molecule has 1 aliphatic carbocycles. The third-order valence-electron chi connectivity index (χ3n) is 5.27. The third-order valence-corrected chi connectivity index (χ3v) is 5.27. The second kappa shape index (κ2) is 6.10. The number of carbonyl (C=O) groups excluding carboxylic acids is 1. The minimum absolute atomic E-state index is 0.0857. The SMILES string of the molecule is Cc1cc2c(cc1C)N(Cc1cccc(F)c1)C(=O)[C@H]1CCCC1=N2. The van der Waals surface area contributed by atoms with Gasteiger partial charge in [0.25, 0.3) is 0 Å². The summed E-state index contributed by atoms with van der Waals surface area (Å²) in [6, 6.07) is 10.6. The average Bonchev–Trinajstić information content (AvgIpc) is 3.00. The number of aliphatic imine (C=N–C) groups is 1. The van der Waals surface area contributed by atoms with E-state index < -0.39 is 0 Å². The van der Waals surface area contributed by atoms with E-state index >= 15 is 0 Å². The first-order valence-corrected chi connectivity index (χ1v) is 8.77. The van der Waals surface area contributed by atoms with Crippen LogP contribution in [0.4, 0.5) is 15.8 Å². The molecule has 0 aromatic heterocycles. The summed E-state index contributed by atoms with van der Waals surface area (Å²) < 4.78 is 13.6. The number of anilines is 1. The number of carbonyl (C=O) groups is 1. The van der Waals surface area contributed by atoms with E-state index in [1.165, 1.54) is 12.1 Å². The molecule has 128 valence electrons. The fourth-order valence-electron chi connectivity index (χ4n) is 3.76. The minimum atomic E-state index is -0.280. The van der Waals surface area contributed by atoms with Crippen LogP contribution >= 0.6 is 0 Å². The Hall–Kier alpha value is -2.49. The van der Waals surface area contributed by atoms with Crippen LogP contribution in [0, 0.1) is 25.6 Å². The number of hydrogen-bond acceptors (Lipinski definition) is 2. The van der Waals surface area contributed by atoms with Crippen molar-refractivity contribution < 1.29 is 9.18 Å². The van der Waals surface area contributed by atoms with E-state index in [2.05, 4.69) is 13.0 Å². The van der Waals surface area contributed by atoms with Gasteiger partial charge in [0.15, 0.2) is 0 Å². The highest BCUT2D eigenvalue weighted by Crippen LogP contribution is 2.40. The summed E-state index contributed by atoms with van der Waals surface area (Å²) >= 11 is 0. The van der Waals surface area contributed by atoms with Gasteiger partial charge >= 0.3 is 0 Å². The van der Waals surface area contributed by atoms with Crippen LogP contribution in [0.1, 0.15) is 36.0 Å². The number of halogens is 1. The molecule has 1 saturated carbocycles. The smallest absolute Gasteiger partial charge is 0.236 e.